The number of nitrogens with two attached hydrogens (primary N) is 2. The summed E-state index contributed by atoms with van der Waals surface area (Å²) in [6.07, 6.45) is 2.11. The molecular formula is C29H40N8O6S. The van der Waals surface area contributed by atoms with Gasteiger partial charge in [0.2, 0.25) is 0 Å². The van der Waals surface area contributed by atoms with Crippen LogP contribution in [0.3, 0.4) is 0 Å². The number of nitrogens with zero attached hydrogens (tertiary/aromatic N) is 3. The van der Waals surface area contributed by atoms with Gasteiger partial charge in [0.05, 0.1) is 12.1 Å². The van der Waals surface area contributed by atoms with Gasteiger partial charge in [-0.15, -0.1) is 11.3 Å². The number of fused-ring (bicyclic) bond motifs is 1. The zero-order valence-electron chi connectivity index (χ0n) is 25.0. The average molecular weight is 629 g/mol. The van der Waals surface area contributed by atoms with Gasteiger partial charge in [0, 0.05) is 23.0 Å². The predicted octanol–water partition coefficient (Wildman–Crippen LogP) is 0.716. The first-order chi connectivity index (χ1) is 20.9. The van der Waals surface area contributed by atoms with Gasteiger partial charge >= 0.3 is 5.97 Å². The normalized spacial score (nSPS) is 26.6. The summed E-state index contributed by atoms with van der Waals surface area (Å²) in [6, 6.07) is 4.98. The minimum Gasteiger partial charge on any atom is -0.485 e. The third kappa shape index (κ3) is 6.65. The van der Waals surface area contributed by atoms with E-state index in [0.717, 1.165) is 54.8 Å². The first kappa shape index (κ1) is 31.6. The molecule has 0 aliphatic carbocycles. The van der Waals surface area contributed by atoms with E-state index in [2.05, 4.69) is 26.1 Å². The Morgan fingerprint density at radius 2 is 2.09 bits per heavy atom. The quantitative estimate of drug-likeness (QED) is 0.117. The zero-order valence-corrected chi connectivity index (χ0v) is 25.8. The molecule has 3 aliphatic rings. The van der Waals surface area contributed by atoms with Gasteiger partial charge in [-0.1, -0.05) is 11.6 Å². The second-order valence-electron chi connectivity index (χ2n) is 12.1. The molecule has 0 radical (unpaired) electrons. The third-order valence-electron chi connectivity index (χ3n) is 8.39. The Balaban J connectivity index is 1.34. The van der Waals surface area contributed by atoms with Crippen LogP contribution < -0.4 is 32.2 Å². The summed E-state index contributed by atoms with van der Waals surface area (Å²) in [5, 5.41) is 35.1. The maximum Gasteiger partial charge on any atom is 0.354 e. The number of amidine groups is 1. The second kappa shape index (κ2) is 12.7. The molecule has 2 aromatic rings. The van der Waals surface area contributed by atoms with Crippen LogP contribution in [0.5, 0.6) is 5.75 Å². The van der Waals surface area contributed by atoms with Crippen molar-refractivity contribution < 1.29 is 29.4 Å². The summed E-state index contributed by atoms with van der Waals surface area (Å²) in [6.45, 7) is 6.77. The fourth-order valence-electron chi connectivity index (χ4n) is 5.62. The van der Waals surface area contributed by atoms with Crippen molar-refractivity contribution in [1.82, 2.24) is 20.9 Å². The lowest BCUT2D eigenvalue weighted by atomic mass is 9.84. The van der Waals surface area contributed by atoms with Gasteiger partial charge in [0.25, 0.3) is 11.5 Å². The molecule has 3 aliphatic heterocycles. The van der Waals surface area contributed by atoms with E-state index in [4.69, 9.17) is 26.0 Å². The number of thiazole rings is 1. The lowest BCUT2D eigenvalue weighted by Gasteiger charge is -2.50. The van der Waals surface area contributed by atoms with Crippen molar-refractivity contribution in [2.75, 3.05) is 18.8 Å². The Labute approximate surface area is 259 Å². The van der Waals surface area contributed by atoms with Crippen molar-refractivity contribution in [1.29, 1.82) is 0 Å². The highest BCUT2D eigenvalue weighted by Gasteiger charge is 2.49. The van der Waals surface area contributed by atoms with Crippen LogP contribution in [0.1, 0.15) is 63.3 Å². The molecule has 1 aromatic carbocycles. The fourth-order valence-corrected chi connectivity index (χ4v) is 6.16. The van der Waals surface area contributed by atoms with E-state index in [9.17, 15) is 19.8 Å². The molecule has 238 valence electrons. The van der Waals surface area contributed by atoms with Gasteiger partial charge in [-0.05, 0) is 76.8 Å². The van der Waals surface area contributed by atoms with E-state index in [1.165, 1.54) is 12.3 Å². The number of oxime groups is 1. The number of hydrogen-bond donors (Lipinski definition) is 7. The first-order valence-corrected chi connectivity index (χ1v) is 15.6. The van der Waals surface area contributed by atoms with E-state index in [1.54, 1.807) is 6.07 Å². The van der Waals surface area contributed by atoms with Crippen LogP contribution in [-0.2, 0) is 20.8 Å². The molecule has 14 nitrogen and oxygen atoms in total. The van der Waals surface area contributed by atoms with Crippen LogP contribution >= 0.6 is 11.3 Å². The van der Waals surface area contributed by atoms with Crippen LogP contribution in [0.2, 0.25) is 0 Å². The molecule has 44 heavy (non-hydrogen) atoms. The van der Waals surface area contributed by atoms with Gasteiger partial charge in [0.1, 0.15) is 23.5 Å². The number of anilines is 1. The van der Waals surface area contributed by atoms with Crippen molar-refractivity contribution in [3.05, 3.63) is 40.4 Å². The number of aliphatic imine (C=N–C) groups is 1. The number of ether oxygens (including phenoxy) is 1. The number of amides is 1. The summed E-state index contributed by atoms with van der Waals surface area (Å²) in [5.41, 5.74) is 11.1. The average Bonchev–Trinajstić information content (AvgIpc) is 3.24. The third-order valence-corrected chi connectivity index (χ3v) is 9.06. The highest BCUT2D eigenvalue weighted by molar-refractivity contribution is 7.13. The summed E-state index contributed by atoms with van der Waals surface area (Å²) in [7, 11) is 0. The molecule has 2 fully saturated rings. The number of nitrogen functional groups attached to an aromatic ring is 1. The van der Waals surface area contributed by atoms with Gasteiger partial charge < -0.3 is 41.9 Å². The summed E-state index contributed by atoms with van der Waals surface area (Å²) < 4.78 is 6.15. The van der Waals surface area contributed by atoms with Crippen LogP contribution in [0.25, 0.3) is 0 Å². The number of carbonyl (C=O) groups is 2. The zero-order chi connectivity index (χ0) is 31.6. The maximum absolute atomic E-state index is 13.3. The smallest absolute Gasteiger partial charge is 0.354 e. The topological polar surface area (TPSA) is 219 Å². The van der Waals surface area contributed by atoms with Gasteiger partial charge in [-0.2, -0.15) is 0 Å². The van der Waals surface area contributed by atoms with Crippen molar-refractivity contribution in [2.45, 2.75) is 88.4 Å². The monoisotopic (exact) mass is 628 g/mol. The number of carboxylic acids is 1. The number of aliphatic hydroxyl groups is 1. The standard InChI is InChI=1S/C29H40N8O6S/c1-28(2)22(25(39)36-28)35-24(38)21(18-14-44-27(31)34-18)37-43-29(3,26(40)41)20-10-8-15-12-16(7-9-19(15)42-20)23(30)33-17-6-4-5-11-32-13-17/h7,9,12,14,17,20,22,25,32,36,39H,4-6,8,10-11,13H2,1-3H3,(H2,30,33)(H2,31,34)(H,35,38)(H,40,41)/b37-21-/t17-,20+,22+,25?,29-/m0/s1. The van der Waals surface area contributed by atoms with Crippen molar-refractivity contribution in [3.63, 3.8) is 0 Å². The Bertz CT molecular complexity index is 1450. The lowest BCUT2D eigenvalue weighted by molar-refractivity contribution is -0.178. The molecule has 15 heteroatoms. The van der Waals surface area contributed by atoms with E-state index in [1.807, 2.05) is 26.0 Å². The molecule has 2 saturated heterocycles. The summed E-state index contributed by atoms with van der Waals surface area (Å²) >= 11 is 1.09. The number of aliphatic carboxylic acids is 1. The minimum atomic E-state index is -1.97. The van der Waals surface area contributed by atoms with E-state index < -0.39 is 41.4 Å². The fraction of sp³-hybridized carbons (Fsp3) is 0.552. The number of aryl methyl sites for hydroxylation is 1. The Morgan fingerprint density at radius 3 is 2.77 bits per heavy atom. The van der Waals surface area contributed by atoms with E-state index in [0.29, 0.717) is 24.4 Å². The van der Waals surface area contributed by atoms with Crippen LogP contribution in [0, 0.1) is 0 Å². The number of benzene rings is 1. The van der Waals surface area contributed by atoms with Crippen LogP contribution in [0.4, 0.5) is 5.13 Å². The van der Waals surface area contributed by atoms with Crippen LogP contribution in [-0.4, -0.2) is 87.3 Å². The van der Waals surface area contributed by atoms with Gasteiger partial charge in [0.15, 0.2) is 16.9 Å². The first-order valence-electron chi connectivity index (χ1n) is 14.7. The Morgan fingerprint density at radius 1 is 1.30 bits per heavy atom. The Kier molecular flexibility index (Phi) is 9.11. The highest BCUT2D eigenvalue weighted by atomic mass is 32.1. The Hall–Kier alpha value is -3.79. The lowest BCUT2D eigenvalue weighted by Crippen LogP contribution is -2.77. The number of rotatable bonds is 9. The molecule has 0 spiro atoms. The molecule has 9 N–H and O–H groups in total. The molecular weight excluding hydrogens is 588 g/mol. The summed E-state index contributed by atoms with van der Waals surface area (Å²) in [5.74, 6) is -1.06. The second-order valence-corrected chi connectivity index (χ2v) is 13.0. The minimum absolute atomic E-state index is 0.110. The summed E-state index contributed by atoms with van der Waals surface area (Å²) in [4.78, 5) is 40.4. The van der Waals surface area contributed by atoms with Gasteiger partial charge in [-0.25, -0.2) is 9.78 Å². The van der Waals surface area contributed by atoms with Crippen LogP contribution in [0.15, 0.2) is 33.7 Å². The molecule has 4 heterocycles. The number of carboxylic acid groups (broad SMARTS) is 1. The number of hydrogen-bond acceptors (Lipinski definition) is 12. The highest BCUT2D eigenvalue weighted by Crippen LogP contribution is 2.34. The number of carbonyl (C=O) groups excluding carboxylic acids is 1. The number of nitrogens with one attached hydrogen (secondary N) is 3. The largest absolute Gasteiger partial charge is 0.485 e. The molecule has 1 aromatic heterocycles. The molecule has 5 rings (SSSR count). The van der Waals surface area contributed by atoms with Crippen molar-refractivity contribution in [3.8, 4) is 5.75 Å². The molecule has 1 amide bonds. The predicted molar refractivity (Wildman–Crippen MR) is 166 cm³/mol. The number of aromatic nitrogens is 1. The molecule has 0 saturated carbocycles. The van der Waals surface area contributed by atoms with E-state index in [-0.39, 0.29) is 22.6 Å². The maximum atomic E-state index is 13.3. The van der Waals surface area contributed by atoms with Crippen molar-refractivity contribution >= 4 is 39.9 Å². The van der Waals surface area contributed by atoms with E-state index >= 15 is 0 Å². The SMILES string of the molecule is CC1(C)NC(O)[C@H]1NC(=O)/C(=N\O[C@](C)(C(=O)O)[C@H]1CCc2cc(C(N)=N[C@H]3CCCCNC3)ccc2O1)c1csc(N)n1. The number of aliphatic hydroxyl groups excluding tert-OH is 1. The molecule has 5 atom stereocenters. The molecule has 0 bridgehead atoms. The molecule has 1 unspecified atom stereocenters. The van der Waals surface area contributed by atoms with Gasteiger partial charge in [-0.3, -0.25) is 15.1 Å². The van der Waals surface area contributed by atoms with Crippen molar-refractivity contribution in [2.24, 2.45) is 15.9 Å².